The molecule has 0 amide bonds. The highest BCUT2D eigenvalue weighted by Crippen LogP contribution is 2.04. The fraction of sp³-hybridized carbons (Fsp3) is 0.538. The van der Waals surface area contributed by atoms with E-state index in [-0.39, 0.29) is 0 Å². The molecule has 1 aliphatic heterocycles. The zero-order chi connectivity index (χ0) is 11.2. The van der Waals surface area contributed by atoms with Gasteiger partial charge in [0.05, 0.1) is 13.2 Å². The zero-order valence-electron chi connectivity index (χ0n) is 9.86. The van der Waals surface area contributed by atoms with Gasteiger partial charge in [0.25, 0.3) is 0 Å². The van der Waals surface area contributed by atoms with Gasteiger partial charge in [0.15, 0.2) is 0 Å². The molecule has 1 aliphatic rings. The largest absolute Gasteiger partial charge is 0.378 e. The maximum Gasteiger partial charge on any atom is 0.0632 e. The van der Waals surface area contributed by atoms with Crippen LogP contribution in [0.2, 0.25) is 0 Å². The first-order chi connectivity index (χ1) is 7.84. The van der Waals surface area contributed by atoms with Crippen molar-refractivity contribution >= 4 is 0 Å². The van der Waals surface area contributed by atoms with Crippen LogP contribution >= 0.6 is 0 Å². The predicted octanol–water partition coefficient (Wildman–Crippen LogP) is 1.11. The molecule has 0 radical (unpaired) electrons. The first kappa shape index (κ1) is 11.6. The summed E-state index contributed by atoms with van der Waals surface area (Å²) in [7, 11) is 2.16. The van der Waals surface area contributed by atoms with Crippen molar-refractivity contribution in [3.8, 4) is 0 Å². The molecule has 1 unspecified atom stereocenters. The van der Waals surface area contributed by atoms with Crippen LogP contribution in [0.1, 0.15) is 5.56 Å². The lowest BCUT2D eigenvalue weighted by Crippen LogP contribution is -2.47. The average molecular weight is 220 g/mol. The Kier molecular flexibility index (Phi) is 4.34. The summed E-state index contributed by atoms with van der Waals surface area (Å²) in [5.41, 5.74) is 1.36. The number of nitrogens with zero attached hydrogens (tertiary/aromatic N) is 1. The monoisotopic (exact) mass is 220 g/mol. The summed E-state index contributed by atoms with van der Waals surface area (Å²) in [4.78, 5) is 2.34. The summed E-state index contributed by atoms with van der Waals surface area (Å²) in [6.45, 7) is 4.69. The summed E-state index contributed by atoms with van der Waals surface area (Å²) >= 11 is 0. The van der Waals surface area contributed by atoms with E-state index in [4.69, 9.17) is 4.74 Å². The van der Waals surface area contributed by atoms with Gasteiger partial charge in [-0.05, 0) is 12.6 Å². The molecule has 0 saturated carbocycles. The van der Waals surface area contributed by atoms with E-state index in [1.807, 2.05) is 0 Å². The summed E-state index contributed by atoms with van der Waals surface area (Å²) in [5.74, 6) is 0. The second-order valence-electron chi connectivity index (χ2n) is 4.41. The number of likely N-dealkylation sites (N-methyl/N-ethyl adjacent to an activating group) is 1. The molecule has 0 aromatic heterocycles. The van der Waals surface area contributed by atoms with Crippen LogP contribution in [-0.4, -0.2) is 44.3 Å². The summed E-state index contributed by atoms with van der Waals surface area (Å²) < 4.78 is 5.44. The number of hydrogen-bond donors (Lipinski definition) is 1. The van der Waals surface area contributed by atoms with Gasteiger partial charge in [0, 0.05) is 25.7 Å². The molecule has 1 aromatic rings. The smallest absolute Gasteiger partial charge is 0.0632 e. The Hall–Kier alpha value is -0.900. The average Bonchev–Trinajstić information content (AvgIpc) is 2.31. The second-order valence-corrected chi connectivity index (χ2v) is 4.41. The molecule has 0 spiro atoms. The van der Waals surface area contributed by atoms with Gasteiger partial charge in [-0.25, -0.2) is 0 Å². The fourth-order valence-corrected chi connectivity index (χ4v) is 2.07. The maximum atomic E-state index is 5.44. The van der Waals surface area contributed by atoms with Crippen molar-refractivity contribution in [3.05, 3.63) is 35.9 Å². The zero-order valence-corrected chi connectivity index (χ0v) is 9.86. The molecule has 1 fully saturated rings. The SMILES string of the molecule is CN(Cc1ccccc1)CC1COCCN1. The first-order valence-electron chi connectivity index (χ1n) is 5.88. The molecule has 1 saturated heterocycles. The van der Waals surface area contributed by atoms with Crippen molar-refractivity contribution in [1.82, 2.24) is 10.2 Å². The van der Waals surface area contributed by atoms with E-state index in [0.717, 1.165) is 32.8 Å². The molecule has 0 bridgehead atoms. The Labute approximate surface area is 97.4 Å². The molecular formula is C13H20N2O. The van der Waals surface area contributed by atoms with Crippen molar-refractivity contribution < 1.29 is 4.74 Å². The molecule has 2 rings (SSSR count). The standard InChI is InChI=1S/C13H20N2O/c1-15(9-12-5-3-2-4-6-12)10-13-11-16-8-7-14-13/h2-6,13-14H,7-11H2,1H3. The van der Waals surface area contributed by atoms with Crippen LogP contribution in [0.25, 0.3) is 0 Å². The number of ether oxygens (including phenoxy) is 1. The van der Waals surface area contributed by atoms with Gasteiger partial charge in [0.2, 0.25) is 0 Å². The molecular weight excluding hydrogens is 200 g/mol. The van der Waals surface area contributed by atoms with Gasteiger partial charge in [-0.15, -0.1) is 0 Å². The number of nitrogens with one attached hydrogen (secondary N) is 1. The third-order valence-electron chi connectivity index (χ3n) is 2.83. The van der Waals surface area contributed by atoms with Crippen molar-refractivity contribution in [2.45, 2.75) is 12.6 Å². The summed E-state index contributed by atoms with van der Waals surface area (Å²) in [6.07, 6.45) is 0. The van der Waals surface area contributed by atoms with Gasteiger partial charge in [-0.1, -0.05) is 30.3 Å². The van der Waals surface area contributed by atoms with Crippen molar-refractivity contribution in [2.24, 2.45) is 0 Å². The minimum atomic E-state index is 0.475. The molecule has 1 aromatic carbocycles. The van der Waals surface area contributed by atoms with Crippen molar-refractivity contribution in [3.63, 3.8) is 0 Å². The Morgan fingerprint density at radius 3 is 2.88 bits per heavy atom. The highest BCUT2D eigenvalue weighted by Gasteiger charge is 2.14. The third kappa shape index (κ3) is 3.59. The van der Waals surface area contributed by atoms with Crippen LogP contribution in [0.5, 0.6) is 0 Å². The lowest BCUT2D eigenvalue weighted by atomic mass is 10.2. The van der Waals surface area contributed by atoms with Crippen LogP contribution in [0.4, 0.5) is 0 Å². The maximum absolute atomic E-state index is 5.44. The van der Waals surface area contributed by atoms with Crippen LogP contribution in [0.3, 0.4) is 0 Å². The van der Waals surface area contributed by atoms with Gasteiger partial charge < -0.3 is 15.0 Å². The van der Waals surface area contributed by atoms with Crippen LogP contribution < -0.4 is 5.32 Å². The number of morpholine rings is 1. The first-order valence-corrected chi connectivity index (χ1v) is 5.88. The predicted molar refractivity (Wildman–Crippen MR) is 65.4 cm³/mol. The topological polar surface area (TPSA) is 24.5 Å². The lowest BCUT2D eigenvalue weighted by molar-refractivity contribution is 0.0645. The van der Waals surface area contributed by atoms with Crippen LogP contribution in [0.15, 0.2) is 30.3 Å². The quantitative estimate of drug-likeness (QED) is 0.822. The van der Waals surface area contributed by atoms with E-state index in [1.165, 1.54) is 5.56 Å². The van der Waals surface area contributed by atoms with Crippen molar-refractivity contribution in [2.75, 3.05) is 33.4 Å². The van der Waals surface area contributed by atoms with E-state index in [2.05, 4.69) is 47.6 Å². The third-order valence-corrected chi connectivity index (χ3v) is 2.83. The molecule has 1 heterocycles. The Morgan fingerprint density at radius 2 is 2.19 bits per heavy atom. The number of hydrogen-bond acceptors (Lipinski definition) is 3. The Morgan fingerprint density at radius 1 is 1.38 bits per heavy atom. The molecule has 1 atom stereocenters. The molecule has 3 heteroatoms. The highest BCUT2D eigenvalue weighted by molar-refractivity contribution is 5.14. The van der Waals surface area contributed by atoms with Gasteiger partial charge in [-0.2, -0.15) is 0 Å². The summed E-state index contributed by atoms with van der Waals surface area (Å²) in [5, 5.41) is 3.47. The van der Waals surface area contributed by atoms with Crippen molar-refractivity contribution in [1.29, 1.82) is 0 Å². The van der Waals surface area contributed by atoms with E-state index in [9.17, 15) is 0 Å². The molecule has 3 nitrogen and oxygen atoms in total. The minimum absolute atomic E-state index is 0.475. The minimum Gasteiger partial charge on any atom is -0.378 e. The van der Waals surface area contributed by atoms with E-state index >= 15 is 0 Å². The molecule has 1 N–H and O–H groups in total. The van der Waals surface area contributed by atoms with Gasteiger partial charge >= 0.3 is 0 Å². The lowest BCUT2D eigenvalue weighted by Gasteiger charge is -2.28. The normalized spacial score (nSPS) is 21.2. The number of benzene rings is 1. The van der Waals surface area contributed by atoms with Crippen LogP contribution in [0, 0.1) is 0 Å². The van der Waals surface area contributed by atoms with Gasteiger partial charge in [-0.3, -0.25) is 0 Å². The Balaban J connectivity index is 1.77. The second kappa shape index (κ2) is 5.99. The summed E-state index contributed by atoms with van der Waals surface area (Å²) in [6, 6.07) is 11.0. The molecule has 16 heavy (non-hydrogen) atoms. The van der Waals surface area contributed by atoms with E-state index < -0.39 is 0 Å². The number of rotatable bonds is 4. The van der Waals surface area contributed by atoms with E-state index in [0.29, 0.717) is 6.04 Å². The van der Waals surface area contributed by atoms with Crippen LogP contribution in [-0.2, 0) is 11.3 Å². The Bertz CT molecular complexity index is 296. The van der Waals surface area contributed by atoms with Gasteiger partial charge in [0.1, 0.15) is 0 Å². The van der Waals surface area contributed by atoms with E-state index in [1.54, 1.807) is 0 Å². The fourth-order valence-electron chi connectivity index (χ4n) is 2.07. The molecule has 0 aliphatic carbocycles. The highest BCUT2D eigenvalue weighted by atomic mass is 16.5. The molecule has 88 valence electrons.